The topological polar surface area (TPSA) is 86.9 Å². The van der Waals surface area contributed by atoms with Gasteiger partial charge in [0, 0.05) is 44.1 Å². The second kappa shape index (κ2) is 7.53. The van der Waals surface area contributed by atoms with Crippen molar-refractivity contribution >= 4 is 33.7 Å². The average Bonchev–Trinajstić information content (AvgIpc) is 2.99. The number of aryl methyl sites for hydroxylation is 2. The van der Waals surface area contributed by atoms with Gasteiger partial charge in [-0.1, -0.05) is 6.07 Å². The highest BCUT2D eigenvalue weighted by Crippen LogP contribution is 2.25. The number of anilines is 2. The lowest BCUT2D eigenvalue weighted by Gasteiger charge is -2.22. The maximum Gasteiger partial charge on any atom is 0.330 e. The number of ether oxygens (including phenoxy) is 1. The zero-order chi connectivity index (χ0) is 20.7. The molecule has 1 aliphatic rings. The van der Waals surface area contributed by atoms with Crippen LogP contribution >= 0.6 is 0 Å². The van der Waals surface area contributed by atoms with Crippen LogP contribution in [0.5, 0.6) is 0 Å². The molecule has 0 bridgehead atoms. The van der Waals surface area contributed by atoms with E-state index in [9.17, 15) is 4.79 Å². The van der Waals surface area contributed by atoms with Crippen molar-refractivity contribution in [3.05, 3.63) is 52.7 Å². The Labute approximate surface area is 173 Å². The highest BCUT2D eigenvalue weighted by molar-refractivity contribution is 5.85. The maximum absolute atomic E-state index is 12.8. The third-order valence-electron chi connectivity index (χ3n) is 5.86. The van der Waals surface area contributed by atoms with E-state index in [-0.39, 0.29) is 5.69 Å². The van der Waals surface area contributed by atoms with Crippen molar-refractivity contribution in [2.24, 2.45) is 13.0 Å². The molecule has 30 heavy (non-hydrogen) atoms. The predicted molar refractivity (Wildman–Crippen MR) is 116 cm³/mol. The van der Waals surface area contributed by atoms with Crippen LogP contribution < -0.4 is 11.0 Å². The van der Waals surface area contributed by atoms with Gasteiger partial charge in [0.2, 0.25) is 5.95 Å². The van der Waals surface area contributed by atoms with Crippen LogP contribution in [0.3, 0.4) is 0 Å². The Bertz CT molecular complexity index is 1290. The SMILES string of the molecule is Cc1cc2ncccc2cc1Nc1ncc2c(n1)n(CC1CCOCC1)c(=O)n2C. The molecule has 1 fully saturated rings. The van der Waals surface area contributed by atoms with Gasteiger partial charge in [0.05, 0.1) is 11.7 Å². The van der Waals surface area contributed by atoms with Crippen LogP contribution in [0.1, 0.15) is 18.4 Å². The van der Waals surface area contributed by atoms with Gasteiger partial charge in [-0.15, -0.1) is 0 Å². The van der Waals surface area contributed by atoms with Gasteiger partial charge < -0.3 is 10.1 Å². The summed E-state index contributed by atoms with van der Waals surface area (Å²) in [6.45, 7) is 4.18. The Kier molecular flexibility index (Phi) is 4.71. The molecule has 0 radical (unpaired) electrons. The smallest absolute Gasteiger partial charge is 0.330 e. The molecule has 4 heterocycles. The lowest BCUT2D eigenvalue weighted by atomic mass is 10.0. The molecule has 0 spiro atoms. The number of aromatic nitrogens is 5. The molecule has 154 valence electrons. The fourth-order valence-corrected chi connectivity index (χ4v) is 4.07. The number of nitrogens with one attached hydrogen (secondary N) is 1. The van der Waals surface area contributed by atoms with Crippen molar-refractivity contribution in [3.8, 4) is 0 Å². The first-order valence-electron chi connectivity index (χ1n) is 10.2. The standard InChI is InChI=1S/C22H24N6O2/c1-14-10-18-16(4-3-7-23-18)11-17(14)25-21-24-12-19-20(26-21)28(22(29)27(19)2)13-15-5-8-30-9-6-15/h3-4,7,10-12,15H,5-6,8-9,13H2,1-2H3,(H,24,25,26). The van der Waals surface area contributed by atoms with Gasteiger partial charge in [-0.2, -0.15) is 4.98 Å². The molecule has 5 rings (SSSR count). The van der Waals surface area contributed by atoms with Crippen molar-refractivity contribution in [1.29, 1.82) is 0 Å². The predicted octanol–water partition coefficient (Wildman–Crippen LogP) is 3.16. The number of hydrogen-bond donors (Lipinski definition) is 1. The van der Waals surface area contributed by atoms with E-state index in [0.717, 1.165) is 53.7 Å². The summed E-state index contributed by atoms with van der Waals surface area (Å²) in [5.74, 6) is 0.892. The van der Waals surface area contributed by atoms with Gasteiger partial charge in [-0.25, -0.2) is 9.78 Å². The second-order valence-corrected chi connectivity index (χ2v) is 7.90. The Balaban J connectivity index is 1.52. The number of rotatable bonds is 4. The number of benzene rings is 1. The third-order valence-corrected chi connectivity index (χ3v) is 5.86. The molecule has 1 aliphatic heterocycles. The minimum atomic E-state index is -0.0594. The first-order valence-corrected chi connectivity index (χ1v) is 10.2. The van der Waals surface area contributed by atoms with E-state index in [0.29, 0.717) is 24.1 Å². The van der Waals surface area contributed by atoms with Crippen LogP contribution in [0.25, 0.3) is 22.1 Å². The quantitative estimate of drug-likeness (QED) is 0.562. The first kappa shape index (κ1) is 18.7. The first-order chi connectivity index (χ1) is 14.6. The Hall–Kier alpha value is -3.26. The van der Waals surface area contributed by atoms with E-state index in [2.05, 4.69) is 15.3 Å². The molecule has 1 N–H and O–H groups in total. The molecular weight excluding hydrogens is 380 g/mol. The van der Waals surface area contributed by atoms with Crippen LogP contribution in [0.15, 0.2) is 41.5 Å². The largest absolute Gasteiger partial charge is 0.381 e. The molecular formula is C22H24N6O2. The van der Waals surface area contributed by atoms with E-state index in [1.54, 1.807) is 28.6 Å². The summed E-state index contributed by atoms with van der Waals surface area (Å²) >= 11 is 0. The summed E-state index contributed by atoms with van der Waals surface area (Å²) in [5, 5.41) is 4.37. The van der Waals surface area contributed by atoms with E-state index in [4.69, 9.17) is 9.72 Å². The van der Waals surface area contributed by atoms with E-state index in [1.807, 2.05) is 31.2 Å². The zero-order valence-electron chi connectivity index (χ0n) is 17.1. The van der Waals surface area contributed by atoms with Crippen LogP contribution in [0.2, 0.25) is 0 Å². The fourth-order valence-electron chi connectivity index (χ4n) is 4.07. The number of hydrogen-bond acceptors (Lipinski definition) is 6. The summed E-state index contributed by atoms with van der Waals surface area (Å²) in [7, 11) is 1.77. The van der Waals surface area contributed by atoms with Crippen molar-refractivity contribution in [3.63, 3.8) is 0 Å². The summed E-state index contributed by atoms with van der Waals surface area (Å²) in [6, 6.07) is 8.04. The van der Waals surface area contributed by atoms with Crippen molar-refractivity contribution in [2.75, 3.05) is 18.5 Å². The lowest BCUT2D eigenvalue weighted by Crippen LogP contribution is -2.28. The fraction of sp³-hybridized carbons (Fsp3) is 0.364. The van der Waals surface area contributed by atoms with Crippen LogP contribution in [0.4, 0.5) is 11.6 Å². The third kappa shape index (κ3) is 3.33. The number of imidazole rings is 1. The van der Waals surface area contributed by atoms with Crippen molar-refractivity contribution in [2.45, 2.75) is 26.3 Å². The molecule has 0 unspecified atom stereocenters. The highest BCUT2D eigenvalue weighted by atomic mass is 16.5. The average molecular weight is 404 g/mol. The molecule has 0 atom stereocenters. The van der Waals surface area contributed by atoms with Gasteiger partial charge in [-0.05, 0) is 49.4 Å². The van der Waals surface area contributed by atoms with Gasteiger partial charge in [0.15, 0.2) is 5.65 Å². The normalized spacial score (nSPS) is 15.1. The molecule has 8 heteroatoms. The maximum atomic E-state index is 12.8. The van der Waals surface area contributed by atoms with Crippen LogP contribution in [-0.4, -0.2) is 37.3 Å². The Morgan fingerprint density at radius 2 is 2.07 bits per heavy atom. The molecule has 0 saturated carbocycles. The van der Waals surface area contributed by atoms with Gasteiger partial charge in [-0.3, -0.25) is 14.1 Å². The van der Waals surface area contributed by atoms with E-state index < -0.39 is 0 Å². The monoisotopic (exact) mass is 404 g/mol. The van der Waals surface area contributed by atoms with Gasteiger partial charge in [0.25, 0.3) is 0 Å². The number of nitrogens with zero attached hydrogens (tertiary/aromatic N) is 5. The Morgan fingerprint density at radius 3 is 2.90 bits per heavy atom. The summed E-state index contributed by atoms with van der Waals surface area (Å²) in [5.41, 5.74) is 4.26. The molecule has 4 aromatic rings. The van der Waals surface area contributed by atoms with E-state index >= 15 is 0 Å². The summed E-state index contributed by atoms with van der Waals surface area (Å²) in [4.78, 5) is 26.4. The highest BCUT2D eigenvalue weighted by Gasteiger charge is 2.20. The van der Waals surface area contributed by atoms with Gasteiger partial charge >= 0.3 is 5.69 Å². The van der Waals surface area contributed by atoms with Crippen LogP contribution in [-0.2, 0) is 18.3 Å². The summed E-state index contributed by atoms with van der Waals surface area (Å²) < 4.78 is 8.84. The second-order valence-electron chi connectivity index (χ2n) is 7.90. The molecule has 3 aromatic heterocycles. The summed E-state index contributed by atoms with van der Waals surface area (Å²) in [6.07, 6.45) is 5.43. The molecule has 0 aliphatic carbocycles. The number of pyridine rings is 1. The van der Waals surface area contributed by atoms with Crippen LogP contribution in [0, 0.1) is 12.8 Å². The van der Waals surface area contributed by atoms with Crippen molar-refractivity contribution < 1.29 is 4.74 Å². The number of fused-ring (bicyclic) bond motifs is 2. The lowest BCUT2D eigenvalue weighted by molar-refractivity contribution is 0.0612. The molecule has 0 amide bonds. The van der Waals surface area contributed by atoms with Crippen molar-refractivity contribution in [1.82, 2.24) is 24.1 Å². The zero-order valence-corrected chi connectivity index (χ0v) is 17.1. The molecule has 8 nitrogen and oxygen atoms in total. The van der Waals surface area contributed by atoms with Gasteiger partial charge in [0.1, 0.15) is 5.52 Å². The minimum absolute atomic E-state index is 0.0594. The minimum Gasteiger partial charge on any atom is -0.381 e. The Morgan fingerprint density at radius 1 is 1.23 bits per heavy atom. The molecule has 1 saturated heterocycles. The van der Waals surface area contributed by atoms with E-state index in [1.165, 1.54) is 0 Å². The molecule has 1 aromatic carbocycles.